The van der Waals surface area contributed by atoms with Crippen molar-refractivity contribution in [2.24, 2.45) is 5.73 Å². The first-order chi connectivity index (χ1) is 6.45. The van der Waals surface area contributed by atoms with Gasteiger partial charge < -0.3 is 10.8 Å². The number of nitrogens with zero attached hydrogens (tertiary/aromatic N) is 1. The Balaban J connectivity index is 3.41. The first-order valence-electron chi connectivity index (χ1n) is 4.17. The van der Waals surface area contributed by atoms with Gasteiger partial charge in [-0.2, -0.15) is 0 Å². The minimum absolute atomic E-state index is 0.264. The molecule has 0 saturated carbocycles. The van der Waals surface area contributed by atoms with Crippen molar-refractivity contribution in [3.05, 3.63) is 33.4 Å². The van der Waals surface area contributed by atoms with Crippen LogP contribution < -0.4 is 5.73 Å². The predicted octanol–water partition coefficient (Wildman–Crippen LogP) is 1.63. The van der Waals surface area contributed by atoms with E-state index in [9.17, 15) is 15.2 Å². The summed E-state index contributed by atoms with van der Waals surface area (Å²) in [4.78, 5) is 10.0. The van der Waals surface area contributed by atoms with Gasteiger partial charge in [0, 0.05) is 17.2 Å². The molecule has 0 aromatic heterocycles. The van der Waals surface area contributed by atoms with Gasteiger partial charge in [0.15, 0.2) is 5.75 Å². The van der Waals surface area contributed by atoms with Gasteiger partial charge in [0.1, 0.15) is 0 Å². The number of phenols is 1. The van der Waals surface area contributed by atoms with Crippen LogP contribution in [-0.4, -0.2) is 10.0 Å². The number of rotatable bonds is 2. The lowest BCUT2D eigenvalue weighted by Crippen LogP contribution is -2.06. The molecule has 0 spiro atoms. The summed E-state index contributed by atoms with van der Waals surface area (Å²) in [7, 11) is 0. The lowest BCUT2D eigenvalue weighted by atomic mass is 10.0. The molecule has 0 bridgehead atoms. The summed E-state index contributed by atoms with van der Waals surface area (Å²) in [5.74, 6) is -0.329. The first kappa shape index (κ1) is 10.5. The van der Waals surface area contributed by atoms with Crippen molar-refractivity contribution in [2.45, 2.75) is 19.9 Å². The van der Waals surface area contributed by atoms with Crippen LogP contribution >= 0.6 is 0 Å². The number of aryl methyl sites for hydroxylation is 1. The van der Waals surface area contributed by atoms with Gasteiger partial charge >= 0.3 is 5.69 Å². The van der Waals surface area contributed by atoms with Crippen LogP contribution in [0.4, 0.5) is 5.69 Å². The lowest BCUT2D eigenvalue weighted by molar-refractivity contribution is -0.386. The molecule has 0 heterocycles. The Kier molecular flexibility index (Phi) is 2.71. The Bertz CT molecular complexity index is 375. The van der Waals surface area contributed by atoms with E-state index < -0.39 is 11.0 Å². The van der Waals surface area contributed by atoms with E-state index in [1.54, 1.807) is 26.0 Å². The number of nitro groups is 1. The molecule has 5 nitrogen and oxygen atoms in total. The Morgan fingerprint density at radius 2 is 2.14 bits per heavy atom. The summed E-state index contributed by atoms with van der Waals surface area (Å²) < 4.78 is 0. The zero-order valence-electron chi connectivity index (χ0n) is 8.02. The monoisotopic (exact) mass is 196 g/mol. The highest BCUT2D eigenvalue weighted by Gasteiger charge is 2.21. The molecule has 0 aliphatic carbocycles. The van der Waals surface area contributed by atoms with E-state index >= 15 is 0 Å². The van der Waals surface area contributed by atoms with Crippen LogP contribution in [0.25, 0.3) is 0 Å². The number of nitro benzene ring substituents is 1. The van der Waals surface area contributed by atoms with Crippen LogP contribution in [0.2, 0.25) is 0 Å². The average Bonchev–Trinajstić information content (AvgIpc) is 2.02. The molecule has 0 fully saturated rings. The van der Waals surface area contributed by atoms with E-state index in [1.807, 2.05) is 0 Å². The molecule has 1 aromatic carbocycles. The molecule has 1 aromatic rings. The van der Waals surface area contributed by atoms with Crippen LogP contribution in [-0.2, 0) is 0 Å². The molecule has 0 unspecified atom stereocenters. The molecule has 1 atom stereocenters. The Labute approximate surface area is 81.3 Å². The third-order valence-corrected chi connectivity index (χ3v) is 2.06. The standard InChI is InChI=1S/C9H12N2O3/c1-5-3-4-7(6(2)10)9(12)8(5)11(13)14/h3-4,6,12H,10H2,1-2H3/t6-/m0/s1. The van der Waals surface area contributed by atoms with Crippen LogP contribution in [0.1, 0.15) is 24.1 Å². The van der Waals surface area contributed by atoms with Crippen LogP contribution in [0.5, 0.6) is 5.75 Å². The maximum atomic E-state index is 10.6. The van der Waals surface area contributed by atoms with E-state index in [4.69, 9.17) is 5.73 Å². The number of hydrogen-bond donors (Lipinski definition) is 2. The molecular weight excluding hydrogens is 184 g/mol. The van der Waals surface area contributed by atoms with Gasteiger partial charge in [-0.1, -0.05) is 12.1 Å². The molecule has 14 heavy (non-hydrogen) atoms. The summed E-state index contributed by atoms with van der Waals surface area (Å²) in [6.07, 6.45) is 0. The van der Waals surface area contributed by atoms with Gasteiger partial charge in [-0.3, -0.25) is 10.1 Å². The zero-order chi connectivity index (χ0) is 10.9. The molecule has 0 amide bonds. The molecule has 0 saturated heterocycles. The molecule has 3 N–H and O–H groups in total. The summed E-state index contributed by atoms with van der Waals surface area (Å²) in [5.41, 5.74) is 6.11. The maximum Gasteiger partial charge on any atom is 0.313 e. The number of hydrogen-bond acceptors (Lipinski definition) is 4. The second-order valence-electron chi connectivity index (χ2n) is 3.21. The predicted molar refractivity (Wildman–Crippen MR) is 52.1 cm³/mol. The fraction of sp³-hybridized carbons (Fsp3) is 0.333. The molecule has 76 valence electrons. The lowest BCUT2D eigenvalue weighted by Gasteiger charge is -2.09. The molecule has 0 aliphatic heterocycles. The number of phenolic OH excluding ortho intramolecular Hbond substituents is 1. The van der Waals surface area contributed by atoms with E-state index in [0.717, 1.165) is 0 Å². The number of benzene rings is 1. The van der Waals surface area contributed by atoms with E-state index in [0.29, 0.717) is 11.1 Å². The van der Waals surface area contributed by atoms with Crippen LogP contribution in [0, 0.1) is 17.0 Å². The van der Waals surface area contributed by atoms with E-state index in [1.165, 1.54) is 0 Å². The van der Waals surface area contributed by atoms with Crippen LogP contribution in [0.15, 0.2) is 12.1 Å². The zero-order valence-corrected chi connectivity index (χ0v) is 8.02. The summed E-state index contributed by atoms with van der Waals surface area (Å²) >= 11 is 0. The van der Waals surface area contributed by atoms with Crippen LogP contribution in [0.3, 0.4) is 0 Å². The normalized spacial score (nSPS) is 12.5. The minimum Gasteiger partial charge on any atom is -0.502 e. The van der Waals surface area contributed by atoms with Gasteiger partial charge in [-0.25, -0.2) is 0 Å². The molecule has 0 aliphatic rings. The highest BCUT2D eigenvalue weighted by Crippen LogP contribution is 2.35. The van der Waals surface area contributed by atoms with Gasteiger partial charge in [-0.05, 0) is 13.8 Å². The Hall–Kier alpha value is -1.62. The van der Waals surface area contributed by atoms with Crippen molar-refractivity contribution in [2.75, 3.05) is 0 Å². The Morgan fingerprint density at radius 1 is 1.57 bits per heavy atom. The second-order valence-corrected chi connectivity index (χ2v) is 3.21. The van der Waals surface area contributed by atoms with Gasteiger partial charge in [0.2, 0.25) is 0 Å². The molecule has 1 rings (SSSR count). The number of nitrogens with two attached hydrogens (primary N) is 1. The highest BCUT2D eigenvalue weighted by molar-refractivity contribution is 5.56. The van der Waals surface area contributed by atoms with Gasteiger partial charge in [-0.15, -0.1) is 0 Å². The number of aromatic hydroxyl groups is 1. The SMILES string of the molecule is Cc1ccc([C@H](C)N)c(O)c1[N+](=O)[O-]. The fourth-order valence-electron chi connectivity index (χ4n) is 1.29. The quantitative estimate of drug-likeness (QED) is 0.555. The van der Waals surface area contributed by atoms with Crippen molar-refractivity contribution in [3.63, 3.8) is 0 Å². The topological polar surface area (TPSA) is 89.4 Å². The van der Waals surface area contributed by atoms with Crippen molar-refractivity contribution < 1.29 is 10.0 Å². The van der Waals surface area contributed by atoms with Crippen molar-refractivity contribution in [1.29, 1.82) is 0 Å². The van der Waals surface area contributed by atoms with Gasteiger partial charge in [0.25, 0.3) is 0 Å². The van der Waals surface area contributed by atoms with E-state index in [2.05, 4.69) is 0 Å². The molecular formula is C9H12N2O3. The maximum absolute atomic E-state index is 10.6. The largest absolute Gasteiger partial charge is 0.502 e. The van der Waals surface area contributed by atoms with Crippen molar-refractivity contribution >= 4 is 5.69 Å². The third kappa shape index (κ3) is 1.67. The second kappa shape index (κ2) is 3.63. The summed E-state index contributed by atoms with van der Waals surface area (Å²) in [6.45, 7) is 3.23. The summed E-state index contributed by atoms with van der Waals surface area (Å²) in [6, 6.07) is 2.76. The van der Waals surface area contributed by atoms with Crippen molar-refractivity contribution in [3.8, 4) is 5.75 Å². The molecule has 5 heteroatoms. The van der Waals surface area contributed by atoms with Crippen molar-refractivity contribution in [1.82, 2.24) is 0 Å². The smallest absolute Gasteiger partial charge is 0.313 e. The average molecular weight is 196 g/mol. The fourth-order valence-corrected chi connectivity index (χ4v) is 1.29. The van der Waals surface area contributed by atoms with Gasteiger partial charge in [0.05, 0.1) is 4.92 Å². The summed E-state index contributed by atoms with van der Waals surface area (Å²) in [5, 5.41) is 20.2. The highest BCUT2D eigenvalue weighted by atomic mass is 16.6. The first-order valence-corrected chi connectivity index (χ1v) is 4.17. The Morgan fingerprint density at radius 3 is 2.57 bits per heavy atom. The minimum atomic E-state index is -0.601. The third-order valence-electron chi connectivity index (χ3n) is 2.06. The molecule has 0 radical (unpaired) electrons. The van der Waals surface area contributed by atoms with E-state index in [-0.39, 0.29) is 11.4 Å².